The molecule has 0 atom stereocenters. The van der Waals surface area contributed by atoms with Crippen molar-refractivity contribution in [2.75, 3.05) is 13.7 Å². The number of hydrogen-bond donors (Lipinski definition) is 2. The van der Waals surface area contributed by atoms with E-state index < -0.39 is 0 Å². The minimum Gasteiger partial charge on any atom is -0.481 e. The quantitative estimate of drug-likeness (QED) is 0.800. The first kappa shape index (κ1) is 14.5. The van der Waals surface area contributed by atoms with Crippen molar-refractivity contribution in [3.8, 4) is 5.88 Å². The average Bonchev–Trinajstić information content (AvgIpc) is 2.77. The number of ether oxygens (including phenoxy) is 1. The summed E-state index contributed by atoms with van der Waals surface area (Å²) in [5, 5.41) is 2.84. The van der Waals surface area contributed by atoms with Gasteiger partial charge in [0, 0.05) is 25.6 Å². The van der Waals surface area contributed by atoms with E-state index in [1.807, 2.05) is 17.6 Å². The largest absolute Gasteiger partial charge is 0.481 e. The first-order valence-electron chi connectivity index (χ1n) is 6.56. The highest BCUT2D eigenvalue weighted by Gasteiger charge is 2.09. The first-order chi connectivity index (χ1) is 9.65. The zero-order chi connectivity index (χ0) is 14.5. The monoisotopic (exact) mass is 294 g/mol. The third-order valence-electron chi connectivity index (χ3n) is 2.94. The number of fused-ring (bicyclic) bond motifs is 1. The molecule has 2 aromatic heterocycles. The number of methoxy groups -OCH3 is 1. The lowest BCUT2D eigenvalue weighted by atomic mass is 10.3. The number of nitrogens with zero attached hydrogens (tertiary/aromatic N) is 2. The fraction of sp³-hybridized carbons (Fsp3) is 0.462. The lowest BCUT2D eigenvalue weighted by molar-refractivity contribution is -0.121. The van der Waals surface area contributed by atoms with Crippen LogP contribution in [0.1, 0.15) is 19.8 Å². The van der Waals surface area contributed by atoms with Crippen LogP contribution >= 0.6 is 12.2 Å². The second kappa shape index (κ2) is 6.51. The molecule has 0 unspecified atom stereocenters. The van der Waals surface area contributed by atoms with Crippen LogP contribution in [0.25, 0.3) is 11.2 Å². The zero-order valence-corrected chi connectivity index (χ0v) is 12.4. The molecule has 0 fully saturated rings. The Morgan fingerprint density at radius 2 is 2.35 bits per heavy atom. The normalized spacial score (nSPS) is 10.7. The molecule has 20 heavy (non-hydrogen) atoms. The van der Waals surface area contributed by atoms with Gasteiger partial charge in [-0.1, -0.05) is 6.92 Å². The highest BCUT2D eigenvalue weighted by Crippen LogP contribution is 2.16. The number of aromatic amines is 1. The molecule has 0 aliphatic carbocycles. The van der Waals surface area contributed by atoms with Crippen molar-refractivity contribution < 1.29 is 9.53 Å². The van der Waals surface area contributed by atoms with Crippen molar-refractivity contribution in [2.24, 2.45) is 0 Å². The highest BCUT2D eigenvalue weighted by atomic mass is 32.1. The van der Waals surface area contributed by atoms with Crippen molar-refractivity contribution in [3.63, 3.8) is 0 Å². The number of H-pyrrole nitrogens is 1. The Balaban J connectivity index is 2.18. The van der Waals surface area contributed by atoms with Gasteiger partial charge in [0.2, 0.25) is 11.8 Å². The number of rotatable bonds is 6. The van der Waals surface area contributed by atoms with Gasteiger partial charge < -0.3 is 19.6 Å². The summed E-state index contributed by atoms with van der Waals surface area (Å²) in [6.45, 7) is 3.21. The van der Waals surface area contributed by atoms with E-state index in [4.69, 9.17) is 17.0 Å². The summed E-state index contributed by atoms with van der Waals surface area (Å²) in [5.74, 6) is 0.543. The molecule has 6 nitrogen and oxygen atoms in total. The van der Waals surface area contributed by atoms with E-state index in [0.717, 1.165) is 11.9 Å². The van der Waals surface area contributed by atoms with Gasteiger partial charge in [-0.15, -0.1) is 0 Å². The summed E-state index contributed by atoms with van der Waals surface area (Å²) < 4.78 is 7.49. The summed E-state index contributed by atoms with van der Waals surface area (Å²) in [4.78, 5) is 19.1. The van der Waals surface area contributed by atoms with E-state index in [2.05, 4.69) is 15.3 Å². The molecule has 0 saturated heterocycles. The molecule has 2 N–H and O–H groups in total. The standard InChI is InChI=1S/C13H18N4O2S/c1-3-7-14-10(18)6-8-17-12-9(15-13(17)20)4-5-11(16-12)19-2/h4-5H,3,6-8H2,1-2H3,(H,14,18)(H,15,20). The van der Waals surface area contributed by atoms with Crippen LogP contribution < -0.4 is 10.1 Å². The molecule has 1 amide bonds. The molecule has 7 heteroatoms. The minimum atomic E-state index is 0.0194. The van der Waals surface area contributed by atoms with Gasteiger partial charge in [0.05, 0.1) is 12.6 Å². The van der Waals surface area contributed by atoms with Gasteiger partial charge in [-0.2, -0.15) is 4.98 Å². The Morgan fingerprint density at radius 3 is 3.05 bits per heavy atom. The van der Waals surface area contributed by atoms with Gasteiger partial charge in [-0.3, -0.25) is 4.79 Å². The number of amides is 1. The Bertz CT molecular complexity index is 662. The second-order valence-corrected chi connectivity index (χ2v) is 4.79. The maximum atomic E-state index is 11.7. The molecule has 0 aliphatic rings. The first-order valence-corrected chi connectivity index (χ1v) is 6.96. The minimum absolute atomic E-state index is 0.0194. The molecule has 108 valence electrons. The van der Waals surface area contributed by atoms with Crippen LogP contribution in [0.3, 0.4) is 0 Å². The number of aromatic nitrogens is 3. The predicted molar refractivity (Wildman–Crippen MR) is 79.4 cm³/mol. The smallest absolute Gasteiger partial charge is 0.221 e. The third-order valence-corrected chi connectivity index (χ3v) is 3.26. The van der Waals surface area contributed by atoms with Crippen LogP contribution in [0.5, 0.6) is 5.88 Å². The number of carbonyl (C=O) groups excluding carboxylic acids is 1. The third kappa shape index (κ3) is 3.16. The molecule has 0 radical (unpaired) electrons. The fourth-order valence-corrected chi connectivity index (χ4v) is 2.19. The summed E-state index contributed by atoms with van der Waals surface area (Å²) in [5.41, 5.74) is 1.54. The van der Waals surface area contributed by atoms with Gasteiger partial charge in [0.15, 0.2) is 10.4 Å². The van der Waals surface area contributed by atoms with Crippen LogP contribution in [0.15, 0.2) is 12.1 Å². The van der Waals surface area contributed by atoms with Gasteiger partial charge in [0.1, 0.15) is 0 Å². The van der Waals surface area contributed by atoms with Crippen LogP contribution in [0.4, 0.5) is 0 Å². The molecule has 2 rings (SSSR count). The number of imidazole rings is 1. The lowest BCUT2D eigenvalue weighted by Gasteiger charge is -2.05. The summed E-state index contributed by atoms with van der Waals surface area (Å²) in [6, 6.07) is 3.64. The Labute approximate surface area is 122 Å². The molecule has 0 saturated carbocycles. The SMILES string of the molecule is CCCNC(=O)CCn1c(=S)[nH]c2ccc(OC)nc21. The van der Waals surface area contributed by atoms with E-state index in [1.165, 1.54) is 0 Å². The van der Waals surface area contributed by atoms with Crippen molar-refractivity contribution in [3.05, 3.63) is 16.9 Å². The van der Waals surface area contributed by atoms with E-state index in [9.17, 15) is 4.79 Å². The van der Waals surface area contributed by atoms with Crippen LogP contribution in [-0.2, 0) is 11.3 Å². The highest BCUT2D eigenvalue weighted by molar-refractivity contribution is 7.71. The second-order valence-electron chi connectivity index (χ2n) is 4.41. The maximum absolute atomic E-state index is 11.7. The lowest BCUT2D eigenvalue weighted by Crippen LogP contribution is -2.25. The Kier molecular flexibility index (Phi) is 4.73. The van der Waals surface area contributed by atoms with Gasteiger partial charge in [-0.05, 0) is 24.7 Å². The molecule has 0 bridgehead atoms. The number of carbonyl (C=O) groups is 1. The predicted octanol–water partition coefficient (Wildman–Crippen LogP) is 2.02. The fourth-order valence-electron chi connectivity index (χ4n) is 1.90. The number of nitrogens with one attached hydrogen (secondary N) is 2. The van der Waals surface area contributed by atoms with Crippen molar-refractivity contribution >= 4 is 29.3 Å². The van der Waals surface area contributed by atoms with Crippen LogP contribution in [-0.4, -0.2) is 34.1 Å². The molecule has 0 spiro atoms. The Hall–Kier alpha value is -1.89. The number of aryl methyl sites for hydroxylation is 1. The number of hydrogen-bond acceptors (Lipinski definition) is 4. The van der Waals surface area contributed by atoms with E-state index in [-0.39, 0.29) is 5.91 Å². The van der Waals surface area contributed by atoms with Crippen LogP contribution in [0, 0.1) is 4.77 Å². The van der Waals surface area contributed by atoms with Gasteiger partial charge in [0.25, 0.3) is 0 Å². The van der Waals surface area contributed by atoms with Gasteiger partial charge >= 0.3 is 0 Å². The zero-order valence-electron chi connectivity index (χ0n) is 11.6. The molecule has 0 aromatic carbocycles. The average molecular weight is 294 g/mol. The topological polar surface area (TPSA) is 71.9 Å². The molecule has 0 aliphatic heterocycles. The molecular formula is C13H18N4O2S. The molecular weight excluding hydrogens is 276 g/mol. The summed E-state index contributed by atoms with van der Waals surface area (Å²) >= 11 is 5.27. The van der Waals surface area contributed by atoms with E-state index in [1.54, 1.807) is 13.2 Å². The van der Waals surface area contributed by atoms with Crippen molar-refractivity contribution in [2.45, 2.75) is 26.3 Å². The summed E-state index contributed by atoms with van der Waals surface area (Å²) in [6.07, 6.45) is 1.30. The van der Waals surface area contributed by atoms with Gasteiger partial charge in [-0.25, -0.2) is 0 Å². The molecule has 2 aromatic rings. The van der Waals surface area contributed by atoms with Crippen molar-refractivity contribution in [1.29, 1.82) is 0 Å². The van der Waals surface area contributed by atoms with E-state index in [0.29, 0.717) is 35.8 Å². The van der Waals surface area contributed by atoms with Crippen molar-refractivity contribution in [1.82, 2.24) is 19.9 Å². The Morgan fingerprint density at radius 1 is 1.55 bits per heavy atom. The number of pyridine rings is 1. The maximum Gasteiger partial charge on any atom is 0.221 e. The van der Waals surface area contributed by atoms with Crippen LogP contribution in [0.2, 0.25) is 0 Å². The van der Waals surface area contributed by atoms with E-state index >= 15 is 0 Å². The summed E-state index contributed by atoms with van der Waals surface area (Å²) in [7, 11) is 1.57. The molecule has 2 heterocycles.